The van der Waals surface area contributed by atoms with Crippen LogP contribution in [0.15, 0.2) is 55.2 Å². The third-order valence-electron chi connectivity index (χ3n) is 4.42. The Hall–Kier alpha value is -3.52. The van der Waals surface area contributed by atoms with E-state index in [1.165, 1.54) is 0 Å². The Morgan fingerprint density at radius 3 is 2.96 bits per heavy atom. The number of hydrogen-bond acceptors (Lipinski definition) is 5. The Morgan fingerprint density at radius 2 is 2.04 bits per heavy atom. The molecular weight excluding hydrogens is 330 g/mol. The van der Waals surface area contributed by atoms with Crippen molar-refractivity contribution < 1.29 is 5.11 Å². The fourth-order valence-electron chi connectivity index (χ4n) is 3.21. The van der Waals surface area contributed by atoms with Gasteiger partial charge in [0.2, 0.25) is 0 Å². The van der Waals surface area contributed by atoms with E-state index < -0.39 is 0 Å². The van der Waals surface area contributed by atoms with Crippen molar-refractivity contribution in [3.63, 3.8) is 0 Å². The number of benzene rings is 1. The number of nitrogens with zero attached hydrogens (tertiary/aromatic N) is 6. The Labute approximate surface area is 147 Å². The van der Waals surface area contributed by atoms with Crippen LogP contribution in [0.1, 0.15) is 0 Å². The molecule has 0 fully saturated rings. The average molecular weight is 345 g/mol. The van der Waals surface area contributed by atoms with Gasteiger partial charge >= 0.3 is 0 Å². The number of H-pyrrole nitrogens is 1. The highest BCUT2D eigenvalue weighted by atomic mass is 16.3. The van der Waals surface area contributed by atoms with Gasteiger partial charge in [0, 0.05) is 36.2 Å². The van der Waals surface area contributed by atoms with Crippen molar-refractivity contribution in [2.45, 2.75) is 6.54 Å². The van der Waals surface area contributed by atoms with E-state index in [0.29, 0.717) is 12.2 Å². The minimum absolute atomic E-state index is 0.0831. The number of hydrogen-bond donors (Lipinski definition) is 2. The van der Waals surface area contributed by atoms with Gasteiger partial charge in [-0.15, -0.1) is 0 Å². The molecule has 1 aromatic carbocycles. The molecule has 8 heteroatoms. The SMILES string of the molecule is OCCn1cnc2cc(-n3ccnc3-c3[nH]nc4ncccc34)ccc21. The normalized spacial score (nSPS) is 11.6. The van der Waals surface area contributed by atoms with Crippen LogP contribution >= 0.6 is 0 Å². The van der Waals surface area contributed by atoms with Gasteiger partial charge in [0.1, 0.15) is 5.69 Å². The van der Waals surface area contributed by atoms with E-state index in [-0.39, 0.29) is 6.61 Å². The minimum Gasteiger partial charge on any atom is -0.395 e. The summed E-state index contributed by atoms with van der Waals surface area (Å²) in [5, 5.41) is 17.4. The monoisotopic (exact) mass is 345 g/mol. The molecule has 4 aromatic heterocycles. The van der Waals surface area contributed by atoms with Crippen molar-refractivity contribution in [1.82, 2.24) is 34.3 Å². The van der Waals surface area contributed by atoms with Gasteiger partial charge in [-0.1, -0.05) is 0 Å². The van der Waals surface area contributed by atoms with Crippen molar-refractivity contribution in [1.29, 1.82) is 0 Å². The Morgan fingerprint density at radius 1 is 1.08 bits per heavy atom. The molecule has 5 aromatic rings. The van der Waals surface area contributed by atoms with Crippen LogP contribution in [-0.2, 0) is 6.54 Å². The van der Waals surface area contributed by atoms with E-state index in [2.05, 4.69) is 25.1 Å². The number of pyridine rings is 1. The summed E-state index contributed by atoms with van der Waals surface area (Å²) in [5.41, 5.74) is 4.29. The lowest BCUT2D eigenvalue weighted by Gasteiger charge is -2.08. The third kappa shape index (κ3) is 2.20. The second-order valence-electron chi connectivity index (χ2n) is 5.93. The molecule has 0 radical (unpaired) electrons. The van der Waals surface area contributed by atoms with E-state index in [4.69, 9.17) is 5.11 Å². The molecule has 0 aliphatic rings. The quantitative estimate of drug-likeness (QED) is 0.520. The van der Waals surface area contributed by atoms with Crippen LogP contribution in [0.4, 0.5) is 0 Å². The first-order valence-corrected chi connectivity index (χ1v) is 8.24. The Balaban J connectivity index is 1.64. The molecule has 4 heterocycles. The number of rotatable bonds is 4. The van der Waals surface area contributed by atoms with Crippen molar-refractivity contribution in [3.05, 3.63) is 55.2 Å². The predicted molar refractivity (Wildman–Crippen MR) is 96.8 cm³/mol. The zero-order chi connectivity index (χ0) is 17.5. The molecule has 8 nitrogen and oxygen atoms in total. The maximum Gasteiger partial charge on any atom is 0.181 e. The highest BCUT2D eigenvalue weighted by Gasteiger charge is 2.15. The van der Waals surface area contributed by atoms with Crippen LogP contribution in [0.5, 0.6) is 0 Å². The van der Waals surface area contributed by atoms with Crippen molar-refractivity contribution in [2.24, 2.45) is 0 Å². The molecule has 2 N–H and O–H groups in total. The van der Waals surface area contributed by atoms with Gasteiger partial charge in [0.05, 0.1) is 24.0 Å². The summed E-state index contributed by atoms with van der Waals surface area (Å²) >= 11 is 0. The molecule has 0 saturated heterocycles. The van der Waals surface area contributed by atoms with Crippen LogP contribution in [0.25, 0.3) is 39.3 Å². The molecule has 0 aliphatic heterocycles. The molecule has 0 amide bonds. The number of imidazole rings is 2. The van der Waals surface area contributed by atoms with Gasteiger partial charge in [0.15, 0.2) is 11.5 Å². The lowest BCUT2D eigenvalue weighted by Crippen LogP contribution is -2.00. The van der Waals surface area contributed by atoms with Crippen molar-refractivity contribution >= 4 is 22.1 Å². The van der Waals surface area contributed by atoms with E-state index in [1.54, 1.807) is 18.7 Å². The van der Waals surface area contributed by atoms with Crippen molar-refractivity contribution in [3.8, 4) is 17.2 Å². The van der Waals surface area contributed by atoms with Crippen molar-refractivity contribution in [2.75, 3.05) is 6.61 Å². The summed E-state index contributed by atoms with van der Waals surface area (Å²) < 4.78 is 3.92. The van der Waals surface area contributed by atoms with Crippen LogP contribution < -0.4 is 0 Å². The molecule has 0 aliphatic carbocycles. The van der Waals surface area contributed by atoms with Gasteiger partial charge in [0.25, 0.3) is 0 Å². The first kappa shape index (κ1) is 14.8. The van der Waals surface area contributed by atoms with E-state index >= 15 is 0 Å². The highest BCUT2D eigenvalue weighted by Crippen LogP contribution is 2.27. The van der Waals surface area contributed by atoms with Crippen LogP contribution in [-0.4, -0.2) is 46.0 Å². The van der Waals surface area contributed by atoms with E-state index in [9.17, 15) is 0 Å². The summed E-state index contributed by atoms with van der Waals surface area (Å²) in [4.78, 5) is 13.2. The topological polar surface area (TPSA) is 97.4 Å². The number of nitrogens with one attached hydrogen (secondary N) is 1. The number of aromatic amines is 1. The lowest BCUT2D eigenvalue weighted by molar-refractivity contribution is 0.278. The van der Waals surface area contributed by atoms with Crippen LogP contribution in [0.3, 0.4) is 0 Å². The van der Waals surface area contributed by atoms with Gasteiger partial charge in [-0.25, -0.2) is 15.0 Å². The van der Waals surface area contributed by atoms with Crippen LogP contribution in [0, 0.1) is 0 Å². The second-order valence-corrected chi connectivity index (χ2v) is 5.93. The summed E-state index contributed by atoms with van der Waals surface area (Å²) in [7, 11) is 0. The summed E-state index contributed by atoms with van der Waals surface area (Å²) in [5.74, 6) is 0.759. The maximum atomic E-state index is 9.16. The summed E-state index contributed by atoms with van der Waals surface area (Å²) in [6.07, 6.45) is 7.13. The van der Waals surface area contributed by atoms with Gasteiger partial charge in [-0.05, 0) is 30.3 Å². The summed E-state index contributed by atoms with van der Waals surface area (Å²) in [6.45, 7) is 0.610. The van der Waals surface area contributed by atoms with Gasteiger partial charge < -0.3 is 9.67 Å². The molecule has 0 spiro atoms. The molecule has 0 saturated carbocycles. The smallest absolute Gasteiger partial charge is 0.181 e. The highest BCUT2D eigenvalue weighted by molar-refractivity contribution is 5.89. The fourth-order valence-corrected chi connectivity index (χ4v) is 3.21. The number of aromatic nitrogens is 7. The predicted octanol–water partition coefficient (Wildman–Crippen LogP) is 2.15. The molecule has 0 atom stereocenters. The number of aliphatic hydroxyl groups is 1. The van der Waals surface area contributed by atoms with Gasteiger partial charge in [-0.2, -0.15) is 5.10 Å². The van der Waals surface area contributed by atoms with E-state index in [1.807, 2.05) is 45.7 Å². The third-order valence-corrected chi connectivity index (χ3v) is 4.42. The Kier molecular flexibility index (Phi) is 3.29. The molecule has 26 heavy (non-hydrogen) atoms. The zero-order valence-electron chi connectivity index (χ0n) is 13.7. The fraction of sp³-hybridized carbons (Fsp3) is 0.111. The lowest BCUT2D eigenvalue weighted by atomic mass is 10.2. The molecule has 128 valence electrons. The Bertz CT molecular complexity index is 1220. The van der Waals surface area contributed by atoms with Gasteiger partial charge in [-0.3, -0.25) is 9.67 Å². The number of fused-ring (bicyclic) bond motifs is 2. The largest absolute Gasteiger partial charge is 0.395 e. The van der Waals surface area contributed by atoms with Crippen LogP contribution in [0.2, 0.25) is 0 Å². The molecular formula is C18H15N7O. The average Bonchev–Trinajstić information content (AvgIpc) is 3.39. The first-order valence-electron chi connectivity index (χ1n) is 8.24. The standard InChI is InChI=1S/C18H15N7O/c26-9-8-24-11-21-14-10-12(3-4-15(14)24)25-7-6-20-18(25)16-13-2-1-5-19-17(13)23-22-16/h1-7,10-11,26H,8-9H2,(H,19,22,23). The maximum absolute atomic E-state index is 9.16. The second kappa shape index (κ2) is 5.78. The summed E-state index contributed by atoms with van der Waals surface area (Å²) in [6, 6.07) is 9.88. The molecule has 0 unspecified atom stereocenters. The molecule has 0 bridgehead atoms. The van der Waals surface area contributed by atoms with E-state index in [0.717, 1.165) is 33.6 Å². The molecule has 5 rings (SSSR count). The first-order chi connectivity index (χ1) is 12.8. The number of aliphatic hydroxyl groups excluding tert-OH is 1. The zero-order valence-corrected chi connectivity index (χ0v) is 13.7. The minimum atomic E-state index is 0.0831.